The van der Waals surface area contributed by atoms with Gasteiger partial charge in [0.15, 0.2) is 0 Å². The van der Waals surface area contributed by atoms with Crippen LogP contribution < -0.4 is 10.6 Å². The van der Waals surface area contributed by atoms with Gasteiger partial charge in [-0.2, -0.15) is 0 Å². The van der Waals surface area contributed by atoms with E-state index in [1.54, 1.807) is 0 Å². The normalized spacial score (nSPS) is 22.6. The number of nitrogens with one attached hydrogen (secondary N) is 2. The lowest BCUT2D eigenvalue weighted by Gasteiger charge is -2.26. The molecular formula is C15H26N4O. The first-order valence-corrected chi connectivity index (χ1v) is 7.75. The van der Waals surface area contributed by atoms with Crippen molar-refractivity contribution in [2.24, 2.45) is 5.92 Å². The van der Waals surface area contributed by atoms with E-state index in [0.717, 1.165) is 56.2 Å². The van der Waals surface area contributed by atoms with Crippen molar-refractivity contribution in [3.8, 4) is 0 Å². The van der Waals surface area contributed by atoms with Crippen molar-refractivity contribution in [1.82, 2.24) is 9.97 Å². The third-order valence-electron chi connectivity index (χ3n) is 3.77. The second-order valence-electron chi connectivity index (χ2n) is 5.51. The van der Waals surface area contributed by atoms with E-state index < -0.39 is 0 Å². The van der Waals surface area contributed by atoms with Crippen LogP contribution in [0.1, 0.15) is 45.4 Å². The Bertz CT molecular complexity index is 424. The van der Waals surface area contributed by atoms with E-state index in [1.165, 1.54) is 6.42 Å². The summed E-state index contributed by atoms with van der Waals surface area (Å²) in [6, 6.07) is 1.96. The molecule has 2 atom stereocenters. The van der Waals surface area contributed by atoms with Crippen LogP contribution in [-0.4, -0.2) is 34.3 Å². The van der Waals surface area contributed by atoms with Gasteiger partial charge >= 0.3 is 0 Å². The molecule has 2 rings (SSSR count). The molecule has 20 heavy (non-hydrogen) atoms. The van der Waals surface area contributed by atoms with Gasteiger partial charge in [-0.1, -0.05) is 13.3 Å². The fraction of sp³-hybridized carbons (Fsp3) is 0.733. The lowest BCUT2D eigenvalue weighted by atomic mass is 9.87. The minimum atomic E-state index is -0.121. The SMILES string of the molecule is CCNc1cc(NCC2CCCC(O)C2)nc(CC)n1. The molecule has 3 N–H and O–H groups in total. The van der Waals surface area contributed by atoms with Crippen LogP contribution in [-0.2, 0) is 6.42 Å². The van der Waals surface area contributed by atoms with Crippen molar-refractivity contribution in [3.63, 3.8) is 0 Å². The first kappa shape index (κ1) is 15.0. The van der Waals surface area contributed by atoms with E-state index in [4.69, 9.17) is 0 Å². The van der Waals surface area contributed by atoms with E-state index in [2.05, 4.69) is 34.4 Å². The molecule has 1 aromatic rings. The topological polar surface area (TPSA) is 70.1 Å². The third kappa shape index (κ3) is 4.34. The maximum Gasteiger partial charge on any atom is 0.132 e. The molecule has 1 saturated carbocycles. The Labute approximate surface area is 121 Å². The Morgan fingerprint density at radius 1 is 1.20 bits per heavy atom. The summed E-state index contributed by atoms with van der Waals surface area (Å²) in [4.78, 5) is 8.96. The molecule has 0 saturated heterocycles. The van der Waals surface area contributed by atoms with Crippen LogP contribution in [0.4, 0.5) is 11.6 Å². The number of aryl methyl sites for hydroxylation is 1. The van der Waals surface area contributed by atoms with Crippen LogP contribution in [0, 0.1) is 5.92 Å². The van der Waals surface area contributed by atoms with E-state index in [-0.39, 0.29) is 6.10 Å². The number of hydrogen-bond donors (Lipinski definition) is 3. The summed E-state index contributed by atoms with van der Waals surface area (Å²) < 4.78 is 0. The van der Waals surface area contributed by atoms with Crippen LogP contribution >= 0.6 is 0 Å². The molecule has 1 aliphatic rings. The van der Waals surface area contributed by atoms with Crippen molar-refractivity contribution in [3.05, 3.63) is 11.9 Å². The standard InChI is InChI=1S/C15H26N4O/c1-3-13-18-14(16-4-2)9-15(19-13)17-10-11-6-5-7-12(20)8-11/h9,11-12,20H,3-8,10H2,1-2H3,(H2,16,17,18,19). The summed E-state index contributed by atoms with van der Waals surface area (Å²) in [6.45, 7) is 5.85. The first-order chi connectivity index (χ1) is 9.71. The number of rotatable bonds is 6. The smallest absolute Gasteiger partial charge is 0.132 e. The Balaban J connectivity index is 1.95. The number of aliphatic hydroxyl groups is 1. The monoisotopic (exact) mass is 278 g/mol. The highest BCUT2D eigenvalue weighted by Gasteiger charge is 2.20. The molecule has 0 amide bonds. The molecule has 0 spiro atoms. The lowest BCUT2D eigenvalue weighted by Crippen LogP contribution is -2.25. The van der Waals surface area contributed by atoms with E-state index in [1.807, 2.05) is 6.07 Å². The van der Waals surface area contributed by atoms with Gasteiger partial charge < -0.3 is 15.7 Å². The summed E-state index contributed by atoms with van der Waals surface area (Å²) in [7, 11) is 0. The number of nitrogens with zero attached hydrogens (tertiary/aromatic N) is 2. The van der Waals surface area contributed by atoms with Gasteiger partial charge in [-0.15, -0.1) is 0 Å². The van der Waals surface area contributed by atoms with Gasteiger partial charge in [0.05, 0.1) is 6.10 Å². The molecular weight excluding hydrogens is 252 g/mol. The van der Waals surface area contributed by atoms with Gasteiger partial charge in [0.2, 0.25) is 0 Å². The maximum absolute atomic E-state index is 9.71. The largest absolute Gasteiger partial charge is 0.393 e. The van der Waals surface area contributed by atoms with Crippen molar-refractivity contribution < 1.29 is 5.11 Å². The van der Waals surface area contributed by atoms with Crippen LogP contribution in [0.2, 0.25) is 0 Å². The second-order valence-corrected chi connectivity index (χ2v) is 5.51. The molecule has 5 heteroatoms. The molecule has 112 valence electrons. The summed E-state index contributed by atoms with van der Waals surface area (Å²) in [5, 5.41) is 16.4. The lowest BCUT2D eigenvalue weighted by molar-refractivity contribution is 0.104. The molecule has 2 unspecified atom stereocenters. The van der Waals surface area contributed by atoms with Crippen molar-refractivity contribution in [1.29, 1.82) is 0 Å². The number of aliphatic hydroxyl groups excluding tert-OH is 1. The summed E-state index contributed by atoms with van der Waals surface area (Å²) in [5.74, 6) is 3.16. The zero-order chi connectivity index (χ0) is 14.4. The Hall–Kier alpha value is -1.36. The van der Waals surface area contributed by atoms with E-state index >= 15 is 0 Å². The molecule has 0 aliphatic heterocycles. The summed E-state index contributed by atoms with van der Waals surface area (Å²) in [5.41, 5.74) is 0. The molecule has 0 aromatic carbocycles. The number of anilines is 2. The third-order valence-corrected chi connectivity index (χ3v) is 3.77. The molecule has 1 fully saturated rings. The van der Waals surface area contributed by atoms with Gasteiger partial charge in [0.1, 0.15) is 17.5 Å². The number of aromatic nitrogens is 2. The quantitative estimate of drug-likeness (QED) is 0.745. The molecule has 1 aromatic heterocycles. The molecule has 0 radical (unpaired) electrons. The van der Waals surface area contributed by atoms with E-state index in [9.17, 15) is 5.11 Å². The summed E-state index contributed by atoms with van der Waals surface area (Å²) in [6.07, 6.45) is 4.88. The molecule has 0 bridgehead atoms. The molecule has 5 nitrogen and oxygen atoms in total. The van der Waals surface area contributed by atoms with Crippen LogP contribution in [0.15, 0.2) is 6.07 Å². The van der Waals surface area contributed by atoms with Gasteiger partial charge in [-0.25, -0.2) is 9.97 Å². The predicted octanol–water partition coefficient (Wildman–Crippen LogP) is 2.43. The van der Waals surface area contributed by atoms with Crippen LogP contribution in [0.5, 0.6) is 0 Å². The van der Waals surface area contributed by atoms with Crippen molar-refractivity contribution in [2.45, 2.75) is 52.1 Å². The Morgan fingerprint density at radius 3 is 2.60 bits per heavy atom. The Morgan fingerprint density at radius 2 is 1.95 bits per heavy atom. The van der Waals surface area contributed by atoms with Crippen molar-refractivity contribution in [2.75, 3.05) is 23.7 Å². The average molecular weight is 278 g/mol. The van der Waals surface area contributed by atoms with Crippen LogP contribution in [0.25, 0.3) is 0 Å². The highest BCUT2D eigenvalue weighted by Crippen LogP contribution is 2.24. The van der Waals surface area contributed by atoms with Crippen molar-refractivity contribution >= 4 is 11.6 Å². The van der Waals surface area contributed by atoms with Gasteiger partial charge in [-0.05, 0) is 32.1 Å². The summed E-state index contributed by atoms with van der Waals surface area (Å²) >= 11 is 0. The zero-order valence-electron chi connectivity index (χ0n) is 12.5. The van der Waals surface area contributed by atoms with Crippen LogP contribution in [0.3, 0.4) is 0 Å². The fourth-order valence-electron chi connectivity index (χ4n) is 2.71. The fourth-order valence-corrected chi connectivity index (χ4v) is 2.71. The van der Waals surface area contributed by atoms with Gasteiger partial charge in [0.25, 0.3) is 0 Å². The predicted molar refractivity (Wildman–Crippen MR) is 82.0 cm³/mol. The number of hydrogen-bond acceptors (Lipinski definition) is 5. The molecule has 1 aliphatic carbocycles. The second kappa shape index (κ2) is 7.43. The average Bonchev–Trinajstić information content (AvgIpc) is 2.45. The highest BCUT2D eigenvalue weighted by atomic mass is 16.3. The zero-order valence-corrected chi connectivity index (χ0v) is 12.5. The van der Waals surface area contributed by atoms with E-state index in [0.29, 0.717) is 5.92 Å². The van der Waals surface area contributed by atoms with Gasteiger partial charge in [0, 0.05) is 25.6 Å². The minimum Gasteiger partial charge on any atom is -0.393 e. The first-order valence-electron chi connectivity index (χ1n) is 7.75. The Kier molecular flexibility index (Phi) is 5.59. The molecule has 1 heterocycles. The van der Waals surface area contributed by atoms with Gasteiger partial charge in [-0.3, -0.25) is 0 Å². The highest BCUT2D eigenvalue weighted by molar-refractivity contribution is 5.47. The maximum atomic E-state index is 9.71. The minimum absolute atomic E-state index is 0.121.